The molecule has 2 atom stereocenters. The van der Waals surface area contributed by atoms with E-state index in [0.717, 1.165) is 0 Å². The second-order valence-corrected chi connectivity index (χ2v) is 14.3. The third kappa shape index (κ3) is 2.95. The van der Waals surface area contributed by atoms with Crippen molar-refractivity contribution in [2.24, 2.45) is 0 Å². The Hall–Kier alpha value is -3.68. The Morgan fingerprint density at radius 3 is 1.41 bits per heavy atom. The quantitative estimate of drug-likeness (QED) is 0.211. The first-order valence-corrected chi connectivity index (χ1v) is 15.2. The summed E-state index contributed by atoms with van der Waals surface area (Å²) in [6.45, 7) is 0. The van der Waals surface area contributed by atoms with Gasteiger partial charge in [0.25, 0.3) is 0 Å². The zero-order valence-electron chi connectivity index (χ0n) is 20.3. The molecule has 174 valence electrons. The van der Waals surface area contributed by atoms with Crippen molar-refractivity contribution in [1.29, 1.82) is 0 Å². The zero-order chi connectivity index (χ0) is 24.5. The van der Waals surface area contributed by atoms with Crippen LogP contribution < -0.4 is 0 Å². The van der Waals surface area contributed by atoms with Gasteiger partial charge in [-0.2, -0.15) is 0 Å². The maximum atomic E-state index is 2.58. The molecule has 0 saturated carbocycles. The molecule has 8 rings (SSSR count). The monoisotopic (exact) mass is 550 g/mol. The van der Waals surface area contributed by atoms with Gasteiger partial charge in [-0.1, -0.05) is 0 Å². The van der Waals surface area contributed by atoms with Gasteiger partial charge in [0, 0.05) is 0 Å². The number of rotatable bonds is 4. The molecule has 0 fully saturated rings. The molecule has 3 heteroatoms. The summed E-state index contributed by atoms with van der Waals surface area (Å²) >= 11 is -1.45. The minimum atomic E-state index is -1.45. The van der Waals surface area contributed by atoms with Crippen LogP contribution in [0.1, 0.15) is 22.3 Å². The van der Waals surface area contributed by atoms with Crippen LogP contribution in [-0.2, 0) is 29.7 Å². The molecule has 2 unspecified atom stereocenters. The molecule has 0 bridgehead atoms. The molecular formula is C34H24N2Zr. The first-order valence-electron chi connectivity index (χ1n) is 12.8. The van der Waals surface area contributed by atoms with E-state index in [1.54, 1.807) is 0 Å². The summed E-state index contributed by atoms with van der Waals surface area (Å²) in [5.41, 5.74) is 8.13. The average molecular weight is 552 g/mol. The summed E-state index contributed by atoms with van der Waals surface area (Å²) < 4.78 is 4.80. The van der Waals surface area contributed by atoms with E-state index in [4.69, 9.17) is 0 Å². The van der Waals surface area contributed by atoms with Gasteiger partial charge in [-0.25, -0.2) is 0 Å². The molecule has 2 aromatic heterocycles. The van der Waals surface area contributed by atoms with Crippen LogP contribution in [0.2, 0.25) is 0 Å². The van der Waals surface area contributed by atoms with Gasteiger partial charge in [-0.3, -0.25) is 0 Å². The molecule has 0 spiro atoms. The van der Waals surface area contributed by atoms with Crippen molar-refractivity contribution >= 4 is 34.0 Å². The van der Waals surface area contributed by atoms with E-state index in [2.05, 4.69) is 155 Å². The molecule has 2 heterocycles. The predicted octanol–water partition coefficient (Wildman–Crippen LogP) is 7.83. The fraction of sp³-hybridized carbons (Fsp3) is 0.0588. The fourth-order valence-corrected chi connectivity index (χ4v) is 12.0. The summed E-state index contributed by atoms with van der Waals surface area (Å²) in [7, 11) is 0. The van der Waals surface area contributed by atoms with Gasteiger partial charge < -0.3 is 0 Å². The summed E-state index contributed by atoms with van der Waals surface area (Å²) in [4.78, 5) is 0. The van der Waals surface area contributed by atoms with Crippen LogP contribution in [0.15, 0.2) is 134 Å². The number of aromatic nitrogens is 2. The van der Waals surface area contributed by atoms with Crippen LogP contribution in [0, 0.1) is 0 Å². The fourth-order valence-electron chi connectivity index (χ4n) is 6.41. The average Bonchev–Trinajstić information content (AvgIpc) is 3.73. The van der Waals surface area contributed by atoms with Crippen molar-refractivity contribution in [3.05, 3.63) is 156 Å². The Bertz CT molecular complexity index is 1750. The SMILES string of the molecule is C1=C[C]([Zr][C]2(n3ccc4ccccc43)C=Cc3ccccc32)(n2ccc3ccccc32)c2ccccc21. The van der Waals surface area contributed by atoms with Gasteiger partial charge in [-0.15, -0.1) is 0 Å². The number of benzene rings is 4. The predicted molar refractivity (Wildman–Crippen MR) is 149 cm³/mol. The molecule has 2 aliphatic carbocycles. The van der Waals surface area contributed by atoms with E-state index in [-0.39, 0.29) is 6.49 Å². The molecule has 6 aromatic rings. The molecule has 0 radical (unpaired) electrons. The van der Waals surface area contributed by atoms with Gasteiger partial charge in [-0.05, 0) is 0 Å². The van der Waals surface area contributed by atoms with Crippen molar-refractivity contribution in [1.82, 2.24) is 9.13 Å². The third-order valence-electron chi connectivity index (χ3n) is 8.09. The van der Waals surface area contributed by atoms with E-state index in [9.17, 15) is 0 Å². The third-order valence-corrected chi connectivity index (χ3v) is 13.3. The van der Waals surface area contributed by atoms with Gasteiger partial charge in [0.2, 0.25) is 0 Å². The van der Waals surface area contributed by atoms with Crippen LogP contribution in [0.4, 0.5) is 0 Å². The molecule has 2 nitrogen and oxygen atoms in total. The Morgan fingerprint density at radius 2 is 0.892 bits per heavy atom. The Morgan fingerprint density at radius 1 is 0.459 bits per heavy atom. The molecule has 4 aromatic carbocycles. The summed E-state index contributed by atoms with van der Waals surface area (Å²) in [5.74, 6) is 0. The standard InChI is InChI=1S/2C17H12N.Zr/c2*1-3-7-15-13(5-1)9-10-17(15)18-12-11-14-6-2-4-8-16(14)18;/h2*1-12H;. The Balaban J connectivity index is 1.45. The Kier molecular flexibility index (Phi) is 4.58. The summed E-state index contributed by atoms with van der Waals surface area (Å²) in [6.07, 6.45) is 14.4. The van der Waals surface area contributed by atoms with Crippen LogP contribution in [0.25, 0.3) is 34.0 Å². The van der Waals surface area contributed by atoms with Crippen LogP contribution in [0.5, 0.6) is 0 Å². The molecule has 0 amide bonds. The molecule has 0 saturated heterocycles. The summed E-state index contributed by atoms with van der Waals surface area (Å²) in [6, 6.07) is 40.2. The van der Waals surface area contributed by atoms with Gasteiger partial charge >= 0.3 is 229 Å². The number of nitrogens with zero attached hydrogens (tertiary/aromatic N) is 2. The van der Waals surface area contributed by atoms with Gasteiger partial charge in [0.15, 0.2) is 0 Å². The van der Waals surface area contributed by atoms with E-state index in [1.165, 1.54) is 44.1 Å². The minimum absolute atomic E-state index is 0.184. The second kappa shape index (κ2) is 7.91. The van der Waals surface area contributed by atoms with E-state index >= 15 is 0 Å². The van der Waals surface area contributed by atoms with Gasteiger partial charge in [0.05, 0.1) is 0 Å². The summed E-state index contributed by atoms with van der Waals surface area (Å²) in [5, 5.41) is 2.59. The molecule has 0 N–H and O–H groups in total. The molecule has 37 heavy (non-hydrogen) atoms. The van der Waals surface area contributed by atoms with Crippen molar-refractivity contribution in [3.63, 3.8) is 0 Å². The Labute approximate surface area is 227 Å². The second-order valence-electron chi connectivity index (χ2n) is 9.99. The van der Waals surface area contributed by atoms with Crippen molar-refractivity contribution in [2.75, 3.05) is 0 Å². The first-order chi connectivity index (χ1) is 18.3. The number of allylic oxidation sites excluding steroid dienone is 2. The van der Waals surface area contributed by atoms with Gasteiger partial charge in [0.1, 0.15) is 0 Å². The number of hydrogen-bond donors (Lipinski definition) is 0. The van der Waals surface area contributed by atoms with Crippen LogP contribution >= 0.6 is 0 Å². The molecule has 0 aliphatic heterocycles. The van der Waals surface area contributed by atoms with Crippen LogP contribution in [0.3, 0.4) is 0 Å². The van der Waals surface area contributed by atoms with Crippen LogP contribution in [-0.4, -0.2) is 9.13 Å². The molecule has 2 aliphatic rings. The molecular weight excluding hydrogens is 528 g/mol. The number of para-hydroxylation sites is 2. The van der Waals surface area contributed by atoms with E-state index in [1.807, 2.05) is 0 Å². The van der Waals surface area contributed by atoms with E-state index < -0.39 is 23.2 Å². The topological polar surface area (TPSA) is 9.86 Å². The first kappa shape index (κ1) is 21.4. The van der Waals surface area contributed by atoms with Crippen molar-refractivity contribution < 1.29 is 23.2 Å². The van der Waals surface area contributed by atoms with E-state index in [0.29, 0.717) is 0 Å². The number of fused-ring (bicyclic) bond motifs is 4. The normalized spacial score (nSPS) is 21.5. The maximum absolute atomic E-state index is 2.58. The van der Waals surface area contributed by atoms with Crippen molar-refractivity contribution in [2.45, 2.75) is 6.49 Å². The zero-order valence-corrected chi connectivity index (χ0v) is 22.7. The number of hydrogen-bond acceptors (Lipinski definition) is 0. The van der Waals surface area contributed by atoms with Crippen molar-refractivity contribution in [3.8, 4) is 0 Å².